The lowest BCUT2D eigenvalue weighted by Gasteiger charge is -2.35. The molecule has 2 aliphatic heterocycles. The molecule has 0 spiro atoms. The van der Waals surface area contributed by atoms with Crippen molar-refractivity contribution in [3.8, 4) is 17.4 Å². The van der Waals surface area contributed by atoms with E-state index in [-0.39, 0.29) is 46.4 Å². The highest BCUT2D eigenvalue weighted by Crippen LogP contribution is 2.53. The van der Waals surface area contributed by atoms with Crippen molar-refractivity contribution >= 4 is 22.8 Å². The molecule has 168 valence electrons. The summed E-state index contributed by atoms with van der Waals surface area (Å²) < 4.78 is 75.9. The Bertz CT molecular complexity index is 1290. The number of aromatic nitrogens is 5. The lowest BCUT2D eigenvalue weighted by Crippen LogP contribution is -2.54. The molecule has 0 aliphatic carbocycles. The Morgan fingerprint density at radius 2 is 2.06 bits per heavy atom. The number of alkyl halides is 4. The Morgan fingerprint density at radius 3 is 2.78 bits per heavy atom. The fourth-order valence-electron chi connectivity index (χ4n) is 3.85. The van der Waals surface area contributed by atoms with E-state index < -0.39 is 42.0 Å². The summed E-state index contributed by atoms with van der Waals surface area (Å²) in [6.07, 6.45) is 0.365. The summed E-state index contributed by atoms with van der Waals surface area (Å²) in [5.41, 5.74) is -2.30. The molecule has 0 saturated heterocycles. The van der Waals surface area contributed by atoms with Gasteiger partial charge in [-0.2, -0.15) is 10.1 Å². The van der Waals surface area contributed by atoms with Crippen LogP contribution in [0.5, 0.6) is 5.88 Å². The van der Waals surface area contributed by atoms with Gasteiger partial charge < -0.3 is 10.1 Å². The van der Waals surface area contributed by atoms with Crippen molar-refractivity contribution in [1.82, 2.24) is 24.7 Å². The maximum Gasteiger partial charge on any atom is 0.299 e. The maximum atomic E-state index is 14.5. The molecule has 32 heavy (non-hydrogen) atoms. The van der Waals surface area contributed by atoms with Gasteiger partial charge in [0.2, 0.25) is 17.7 Å². The SMILES string of the molecule is CC(F)(F)CCn1nc(-c2nc3c4c(n2)OCC(F)(F)[C@]4(C)C(=O)N3)c2cc(F)cnc21. The van der Waals surface area contributed by atoms with E-state index >= 15 is 0 Å². The Balaban J connectivity index is 1.68. The van der Waals surface area contributed by atoms with E-state index in [9.17, 15) is 26.7 Å². The van der Waals surface area contributed by atoms with E-state index in [2.05, 4.69) is 25.4 Å². The van der Waals surface area contributed by atoms with Crippen LogP contribution in [0.1, 0.15) is 25.8 Å². The lowest BCUT2D eigenvalue weighted by atomic mass is 9.77. The zero-order valence-electron chi connectivity index (χ0n) is 16.7. The molecule has 5 rings (SSSR count). The van der Waals surface area contributed by atoms with Crippen molar-refractivity contribution < 1.29 is 31.5 Å². The van der Waals surface area contributed by atoms with Crippen LogP contribution in [0.2, 0.25) is 0 Å². The Hall–Kier alpha value is -3.38. The van der Waals surface area contributed by atoms with Crippen molar-refractivity contribution in [1.29, 1.82) is 0 Å². The van der Waals surface area contributed by atoms with Crippen molar-refractivity contribution in [2.45, 2.75) is 44.1 Å². The van der Waals surface area contributed by atoms with Crippen molar-refractivity contribution in [3.05, 3.63) is 23.6 Å². The third kappa shape index (κ3) is 2.83. The van der Waals surface area contributed by atoms with Gasteiger partial charge in [0, 0.05) is 13.0 Å². The van der Waals surface area contributed by atoms with Crippen LogP contribution in [0.25, 0.3) is 22.6 Å². The summed E-state index contributed by atoms with van der Waals surface area (Å²) >= 11 is 0. The first-order chi connectivity index (χ1) is 14.9. The molecule has 8 nitrogen and oxygen atoms in total. The highest BCUT2D eigenvalue weighted by Gasteiger charge is 2.65. The van der Waals surface area contributed by atoms with Crippen LogP contribution in [0, 0.1) is 5.82 Å². The Morgan fingerprint density at radius 1 is 1.31 bits per heavy atom. The van der Waals surface area contributed by atoms with Gasteiger partial charge in [-0.1, -0.05) is 0 Å². The van der Waals surface area contributed by atoms with Crippen LogP contribution < -0.4 is 10.1 Å². The molecular weight excluding hydrogens is 439 g/mol. The molecule has 13 heteroatoms. The molecule has 5 heterocycles. The Kier molecular flexibility index (Phi) is 4.06. The average Bonchev–Trinajstić information content (AvgIpc) is 3.19. The highest BCUT2D eigenvalue weighted by molar-refractivity contribution is 6.07. The zero-order chi connectivity index (χ0) is 23.1. The van der Waals surface area contributed by atoms with Crippen LogP contribution >= 0.6 is 0 Å². The third-order valence-electron chi connectivity index (χ3n) is 5.71. The number of carbonyl (C=O) groups excluding carboxylic acids is 1. The number of amides is 1. The maximum absolute atomic E-state index is 14.5. The van der Waals surface area contributed by atoms with Crippen molar-refractivity contribution in [2.75, 3.05) is 11.9 Å². The van der Waals surface area contributed by atoms with E-state index in [1.807, 2.05) is 0 Å². The molecule has 0 aromatic carbocycles. The molecule has 1 N–H and O–H groups in total. The molecule has 0 unspecified atom stereocenters. The van der Waals surface area contributed by atoms with E-state index in [4.69, 9.17) is 4.74 Å². The summed E-state index contributed by atoms with van der Waals surface area (Å²) in [6.45, 7) is 0.538. The molecule has 2 aliphatic rings. The second-order valence-electron chi connectivity index (χ2n) is 8.06. The number of pyridine rings is 1. The van der Waals surface area contributed by atoms with Gasteiger partial charge in [-0.3, -0.25) is 4.79 Å². The van der Waals surface area contributed by atoms with Gasteiger partial charge in [-0.25, -0.2) is 36.6 Å². The number of anilines is 1. The fraction of sp³-hybridized carbons (Fsp3) is 0.421. The number of carbonyl (C=O) groups is 1. The van der Waals surface area contributed by atoms with Gasteiger partial charge in [-0.05, 0) is 19.9 Å². The van der Waals surface area contributed by atoms with Gasteiger partial charge >= 0.3 is 0 Å². The van der Waals surface area contributed by atoms with Crippen LogP contribution in [0.15, 0.2) is 12.3 Å². The molecule has 1 atom stereocenters. The van der Waals surface area contributed by atoms with Gasteiger partial charge in [0.05, 0.1) is 17.1 Å². The minimum Gasteiger partial charge on any atom is -0.471 e. The normalized spacial score (nSPS) is 21.4. The second-order valence-corrected chi connectivity index (χ2v) is 8.06. The van der Waals surface area contributed by atoms with Gasteiger partial charge in [0.15, 0.2) is 18.1 Å². The molecule has 0 radical (unpaired) electrons. The number of halogens is 5. The Labute approximate surface area is 176 Å². The zero-order valence-corrected chi connectivity index (χ0v) is 16.7. The fourth-order valence-corrected chi connectivity index (χ4v) is 3.85. The number of aryl methyl sites for hydroxylation is 1. The first-order valence-corrected chi connectivity index (χ1v) is 9.55. The largest absolute Gasteiger partial charge is 0.471 e. The molecule has 0 fully saturated rings. The minimum absolute atomic E-state index is 0.0192. The van der Waals surface area contributed by atoms with Crippen LogP contribution in [-0.2, 0) is 16.8 Å². The first-order valence-electron chi connectivity index (χ1n) is 9.55. The molecule has 1 amide bonds. The topological polar surface area (TPSA) is 94.8 Å². The molecule has 3 aromatic rings. The number of rotatable bonds is 4. The summed E-state index contributed by atoms with van der Waals surface area (Å²) in [5.74, 6) is -8.70. The van der Waals surface area contributed by atoms with E-state index in [0.717, 1.165) is 26.1 Å². The summed E-state index contributed by atoms with van der Waals surface area (Å²) in [4.78, 5) is 24.6. The molecular formula is C19H15F5N6O2. The van der Waals surface area contributed by atoms with Crippen LogP contribution in [0.3, 0.4) is 0 Å². The quantitative estimate of drug-likeness (QED) is 0.608. The van der Waals surface area contributed by atoms with Crippen molar-refractivity contribution in [2.24, 2.45) is 0 Å². The van der Waals surface area contributed by atoms with E-state index in [1.54, 1.807) is 0 Å². The highest BCUT2D eigenvalue weighted by atomic mass is 19.3. The molecule has 0 saturated carbocycles. The summed E-state index contributed by atoms with van der Waals surface area (Å²) in [5, 5.41) is 6.67. The number of nitrogens with zero attached hydrogens (tertiary/aromatic N) is 5. The second kappa shape index (κ2) is 6.33. The number of fused-ring (bicyclic) bond motifs is 1. The first kappa shape index (κ1) is 20.5. The predicted octanol–water partition coefficient (Wildman–Crippen LogP) is 3.31. The molecule has 0 bridgehead atoms. The minimum atomic E-state index is -3.49. The third-order valence-corrected chi connectivity index (χ3v) is 5.71. The number of nitrogens with one attached hydrogen (secondary N) is 1. The lowest BCUT2D eigenvalue weighted by molar-refractivity contribution is -0.148. The monoisotopic (exact) mass is 454 g/mol. The smallest absolute Gasteiger partial charge is 0.299 e. The summed E-state index contributed by atoms with van der Waals surface area (Å²) in [6, 6.07) is 1.09. The van der Waals surface area contributed by atoms with Gasteiger partial charge in [-0.15, -0.1) is 0 Å². The predicted molar refractivity (Wildman–Crippen MR) is 100 cm³/mol. The number of hydrogen-bond donors (Lipinski definition) is 1. The van der Waals surface area contributed by atoms with Crippen molar-refractivity contribution in [3.63, 3.8) is 0 Å². The van der Waals surface area contributed by atoms with Gasteiger partial charge in [0.25, 0.3) is 5.92 Å². The molecule has 3 aromatic heterocycles. The standard InChI is InChI=1S/C19H15F5N6O2/c1-17(21,22)3-4-30-14-9(5-8(20)6-25-14)11(29-30)13-26-12-10-15(27-13)32-7-19(23,24)18(10,2)16(31)28-12/h5-6H,3-4,7H2,1-2H3,(H,26,27,28,31)/t18-/m0/s1. The van der Waals surface area contributed by atoms with Gasteiger partial charge in [0.1, 0.15) is 22.7 Å². The number of ether oxygens (including phenoxy) is 1. The van der Waals surface area contributed by atoms with Crippen LogP contribution in [-0.4, -0.2) is 49.1 Å². The average molecular weight is 454 g/mol. The summed E-state index contributed by atoms with van der Waals surface area (Å²) in [7, 11) is 0. The number of hydrogen-bond acceptors (Lipinski definition) is 6. The van der Waals surface area contributed by atoms with Crippen LogP contribution in [0.4, 0.5) is 27.8 Å². The van der Waals surface area contributed by atoms with E-state index in [1.165, 1.54) is 4.68 Å². The van der Waals surface area contributed by atoms with E-state index in [0.29, 0.717) is 0 Å².